The van der Waals surface area contributed by atoms with Gasteiger partial charge in [0.25, 0.3) is 0 Å². The van der Waals surface area contributed by atoms with Crippen LogP contribution in [-0.2, 0) is 4.79 Å². The Morgan fingerprint density at radius 2 is 1.33 bits per heavy atom. The Morgan fingerprint density at radius 3 is 1.80 bits per heavy atom. The van der Waals surface area contributed by atoms with Crippen molar-refractivity contribution in [3.05, 3.63) is 30.1 Å². The van der Waals surface area contributed by atoms with E-state index in [4.69, 9.17) is 34.8 Å². The van der Waals surface area contributed by atoms with E-state index in [1.165, 1.54) is 82.1 Å². The SMILES string of the molecule is CCCCCCCCCCCCCCC(=O)N[C@H](Nc1ccc(F)cc1)C(Cl)(Cl)Cl. The van der Waals surface area contributed by atoms with E-state index in [-0.39, 0.29) is 11.7 Å². The number of carbonyl (C=O) groups is 1. The first-order valence-electron chi connectivity index (χ1n) is 11.2. The molecule has 0 aromatic heterocycles. The first-order valence-corrected chi connectivity index (χ1v) is 12.3. The standard InChI is InChI=1S/C23H36Cl3FN2O/c1-2-3-4-5-6-7-8-9-10-11-12-13-14-21(30)29-22(23(24,25)26)28-20-17-15-19(27)16-18-20/h15-18,22,28H,2-14H2,1H3,(H,29,30)/t22-/m0/s1. The molecule has 30 heavy (non-hydrogen) atoms. The number of benzene rings is 1. The maximum atomic E-state index is 13.0. The van der Waals surface area contributed by atoms with Crippen molar-refractivity contribution in [2.24, 2.45) is 0 Å². The highest BCUT2D eigenvalue weighted by molar-refractivity contribution is 6.68. The molecular weight excluding hydrogens is 446 g/mol. The first-order chi connectivity index (χ1) is 14.3. The topological polar surface area (TPSA) is 41.1 Å². The van der Waals surface area contributed by atoms with Gasteiger partial charge < -0.3 is 10.6 Å². The quantitative estimate of drug-likeness (QED) is 0.142. The number of nitrogens with one attached hydrogen (secondary N) is 2. The third kappa shape index (κ3) is 13.6. The van der Waals surface area contributed by atoms with Gasteiger partial charge in [0.1, 0.15) is 12.0 Å². The molecule has 1 aromatic rings. The number of anilines is 1. The molecule has 0 saturated carbocycles. The van der Waals surface area contributed by atoms with E-state index >= 15 is 0 Å². The molecule has 0 saturated heterocycles. The number of unbranched alkanes of at least 4 members (excludes halogenated alkanes) is 11. The minimum Gasteiger partial charge on any atom is -0.362 e. The Bertz CT molecular complexity index is 579. The van der Waals surface area contributed by atoms with E-state index in [1.807, 2.05) is 0 Å². The van der Waals surface area contributed by atoms with E-state index in [0.717, 1.165) is 19.3 Å². The van der Waals surface area contributed by atoms with E-state index in [1.54, 1.807) is 0 Å². The minimum atomic E-state index is -1.74. The average molecular weight is 482 g/mol. The van der Waals surface area contributed by atoms with Crippen LogP contribution in [-0.4, -0.2) is 15.9 Å². The lowest BCUT2D eigenvalue weighted by molar-refractivity contribution is -0.121. The van der Waals surface area contributed by atoms with Crippen molar-refractivity contribution in [2.75, 3.05) is 5.32 Å². The zero-order valence-electron chi connectivity index (χ0n) is 18.0. The summed E-state index contributed by atoms with van der Waals surface area (Å²) < 4.78 is 11.3. The van der Waals surface area contributed by atoms with Crippen molar-refractivity contribution in [1.29, 1.82) is 0 Å². The highest BCUT2D eigenvalue weighted by Gasteiger charge is 2.33. The summed E-state index contributed by atoms with van der Waals surface area (Å²) in [5.74, 6) is -0.532. The van der Waals surface area contributed by atoms with Crippen LogP contribution in [0.1, 0.15) is 90.4 Å². The Balaban J connectivity index is 2.15. The Labute approximate surface area is 196 Å². The zero-order chi connectivity index (χ0) is 22.2. The summed E-state index contributed by atoms with van der Waals surface area (Å²) >= 11 is 18.0. The second-order valence-corrected chi connectivity index (χ2v) is 10.2. The lowest BCUT2D eigenvalue weighted by Gasteiger charge is -2.27. The molecule has 0 spiro atoms. The van der Waals surface area contributed by atoms with Gasteiger partial charge in [-0.25, -0.2) is 4.39 Å². The monoisotopic (exact) mass is 480 g/mol. The van der Waals surface area contributed by atoms with Gasteiger partial charge in [-0.15, -0.1) is 0 Å². The third-order valence-electron chi connectivity index (χ3n) is 5.05. The van der Waals surface area contributed by atoms with Crippen molar-refractivity contribution in [2.45, 2.75) is 100 Å². The van der Waals surface area contributed by atoms with Crippen LogP contribution in [0.15, 0.2) is 24.3 Å². The van der Waals surface area contributed by atoms with E-state index in [9.17, 15) is 9.18 Å². The van der Waals surface area contributed by atoms with Crippen molar-refractivity contribution in [1.82, 2.24) is 5.32 Å². The summed E-state index contributed by atoms with van der Waals surface area (Å²) in [5.41, 5.74) is 0.554. The molecule has 0 radical (unpaired) electrons. The lowest BCUT2D eigenvalue weighted by Crippen LogP contribution is -2.49. The molecule has 2 N–H and O–H groups in total. The molecular formula is C23H36Cl3FN2O. The van der Waals surface area contributed by atoms with Gasteiger partial charge in [0.05, 0.1) is 0 Å². The van der Waals surface area contributed by atoms with Gasteiger partial charge >= 0.3 is 0 Å². The highest BCUT2D eigenvalue weighted by atomic mass is 35.6. The van der Waals surface area contributed by atoms with Gasteiger partial charge in [-0.2, -0.15) is 0 Å². The molecule has 3 nitrogen and oxygen atoms in total. The van der Waals surface area contributed by atoms with Crippen LogP contribution in [0.5, 0.6) is 0 Å². The average Bonchev–Trinajstić information content (AvgIpc) is 2.69. The summed E-state index contributed by atoms with van der Waals surface area (Å²) in [5, 5.41) is 5.65. The molecule has 0 fully saturated rings. The van der Waals surface area contributed by atoms with Gasteiger partial charge in [0.2, 0.25) is 9.70 Å². The summed E-state index contributed by atoms with van der Waals surface area (Å²) in [6.45, 7) is 2.24. The van der Waals surface area contributed by atoms with Gasteiger partial charge in [-0.05, 0) is 30.7 Å². The smallest absolute Gasteiger partial charge is 0.228 e. The maximum Gasteiger partial charge on any atom is 0.228 e. The highest BCUT2D eigenvalue weighted by Crippen LogP contribution is 2.31. The Morgan fingerprint density at radius 1 is 0.867 bits per heavy atom. The number of rotatable bonds is 16. The summed E-state index contributed by atoms with van der Waals surface area (Å²) in [7, 11) is 0. The summed E-state index contributed by atoms with van der Waals surface area (Å²) in [4.78, 5) is 12.2. The van der Waals surface area contributed by atoms with Gasteiger partial charge in [0.15, 0.2) is 0 Å². The van der Waals surface area contributed by atoms with E-state index < -0.39 is 9.96 Å². The second kappa shape index (κ2) is 16.0. The molecule has 172 valence electrons. The van der Waals surface area contributed by atoms with Crippen LogP contribution >= 0.6 is 34.8 Å². The largest absolute Gasteiger partial charge is 0.362 e. The molecule has 0 aliphatic rings. The number of hydrogen-bond donors (Lipinski definition) is 2. The molecule has 0 bridgehead atoms. The normalized spacial score (nSPS) is 12.6. The van der Waals surface area contributed by atoms with Crippen molar-refractivity contribution in [3.63, 3.8) is 0 Å². The summed E-state index contributed by atoms with van der Waals surface area (Å²) in [6.07, 6.45) is 14.4. The summed E-state index contributed by atoms with van der Waals surface area (Å²) in [6, 6.07) is 5.64. The maximum absolute atomic E-state index is 13.0. The van der Waals surface area contributed by atoms with Gasteiger partial charge in [-0.1, -0.05) is 112 Å². The molecule has 0 aliphatic carbocycles. The number of alkyl halides is 3. The minimum absolute atomic E-state index is 0.173. The van der Waals surface area contributed by atoms with Crippen molar-refractivity contribution in [3.8, 4) is 0 Å². The van der Waals surface area contributed by atoms with Crippen LogP contribution < -0.4 is 10.6 Å². The zero-order valence-corrected chi connectivity index (χ0v) is 20.3. The number of hydrogen-bond acceptors (Lipinski definition) is 2. The molecule has 0 heterocycles. The fourth-order valence-corrected chi connectivity index (χ4v) is 3.60. The van der Waals surface area contributed by atoms with Crippen LogP contribution in [0.4, 0.5) is 10.1 Å². The van der Waals surface area contributed by atoms with Crippen LogP contribution in [0, 0.1) is 5.82 Å². The molecule has 1 rings (SSSR count). The fraction of sp³-hybridized carbons (Fsp3) is 0.696. The molecule has 0 aliphatic heterocycles. The predicted octanol–water partition coefficient (Wildman–Crippen LogP) is 8.14. The lowest BCUT2D eigenvalue weighted by atomic mass is 10.0. The predicted molar refractivity (Wildman–Crippen MR) is 128 cm³/mol. The third-order valence-corrected chi connectivity index (χ3v) is 5.70. The molecule has 1 atom stereocenters. The number of halogens is 4. The van der Waals surface area contributed by atoms with Gasteiger partial charge in [-0.3, -0.25) is 4.79 Å². The van der Waals surface area contributed by atoms with Crippen molar-refractivity contribution >= 4 is 46.4 Å². The first kappa shape index (κ1) is 27.3. The number of amides is 1. The van der Waals surface area contributed by atoms with Gasteiger partial charge in [0, 0.05) is 12.1 Å². The van der Waals surface area contributed by atoms with Crippen LogP contribution in [0.25, 0.3) is 0 Å². The Hall–Kier alpha value is -0.710. The second-order valence-electron chi connectivity index (χ2n) is 7.83. The Kier molecular flexibility index (Phi) is 14.6. The molecule has 7 heteroatoms. The van der Waals surface area contributed by atoms with E-state index in [2.05, 4.69) is 17.6 Å². The van der Waals surface area contributed by atoms with E-state index in [0.29, 0.717) is 12.1 Å². The van der Waals surface area contributed by atoms with Crippen LogP contribution in [0.2, 0.25) is 0 Å². The molecule has 0 unspecified atom stereocenters. The number of carbonyl (C=O) groups excluding carboxylic acids is 1. The van der Waals surface area contributed by atoms with Crippen LogP contribution in [0.3, 0.4) is 0 Å². The molecule has 1 aromatic carbocycles. The van der Waals surface area contributed by atoms with Crippen molar-refractivity contribution < 1.29 is 9.18 Å². The fourth-order valence-electron chi connectivity index (χ4n) is 3.27. The molecule has 1 amide bonds.